The summed E-state index contributed by atoms with van der Waals surface area (Å²) < 4.78 is 5.93. The Morgan fingerprint density at radius 2 is 0.806 bits per heavy atom. The number of ether oxygens (including phenoxy) is 1. The van der Waals surface area contributed by atoms with Crippen LogP contribution in [0.1, 0.15) is 271 Å². The first-order valence-electron chi connectivity index (χ1n) is 26.9. The number of aliphatic hydroxyl groups is 2. The summed E-state index contributed by atoms with van der Waals surface area (Å²) in [5, 5.41) is 23.8. The van der Waals surface area contributed by atoms with E-state index in [-0.39, 0.29) is 24.9 Å². The van der Waals surface area contributed by atoms with E-state index in [1.54, 1.807) is 0 Å². The Labute approximate surface area is 385 Å². The number of unbranched alkanes of at least 4 members (excludes halogenated alkanes) is 30. The molecule has 6 nitrogen and oxygen atoms in total. The van der Waals surface area contributed by atoms with Crippen LogP contribution in [0.5, 0.6) is 0 Å². The van der Waals surface area contributed by atoms with Gasteiger partial charge in [0.2, 0.25) is 5.91 Å². The van der Waals surface area contributed by atoms with Gasteiger partial charge in [-0.3, -0.25) is 9.59 Å². The molecule has 6 heteroatoms. The van der Waals surface area contributed by atoms with Crippen molar-refractivity contribution < 1.29 is 24.5 Å². The fourth-order valence-corrected chi connectivity index (χ4v) is 8.06. The average Bonchev–Trinajstić information content (AvgIpc) is 3.26. The zero-order valence-electron chi connectivity index (χ0n) is 41.3. The van der Waals surface area contributed by atoms with Crippen LogP contribution in [0.4, 0.5) is 0 Å². The molecule has 0 aliphatic carbocycles. The minimum absolute atomic E-state index is 0.0599. The van der Waals surface area contributed by atoms with Crippen LogP contribution in [-0.4, -0.2) is 46.9 Å². The van der Waals surface area contributed by atoms with Crippen molar-refractivity contribution in [2.24, 2.45) is 0 Å². The third kappa shape index (κ3) is 44.4. The van der Waals surface area contributed by atoms with E-state index in [4.69, 9.17) is 4.74 Å². The van der Waals surface area contributed by atoms with E-state index in [0.717, 1.165) is 83.5 Å². The monoisotopic (exact) mass is 870 g/mol. The second kappa shape index (κ2) is 49.8. The standard InChI is InChI=1S/C56H103NO5/c1-4-7-10-13-16-19-22-25-27-30-33-36-39-42-45-48-54(59)53(51-58)57-55(60)50-52(47-44-41-38-35-32-29-24-21-18-15-12-9-6-3)62-56(61)49-46-43-40-37-34-31-28-26-23-20-17-14-11-8-5-2/h17-18,20-21,23-24,26,29,52-54,58-59H,4-16,19,22,25,27-28,30-51H2,1-3H3,(H,57,60)/b20-17+,21-18+,26-23+,29-24+. The van der Waals surface area contributed by atoms with E-state index in [1.165, 1.54) is 141 Å². The highest BCUT2D eigenvalue weighted by atomic mass is 16.5. The molecule has 0 aromatic carbocycles. The van der Waals surface area contributed by atoms with E-state index in [0.29, 0.717) is 19.3 Å². The Hall–Kier alpha value is -2.18. The molecular weight excluding hydrogens is 767 g/mol. The van der Waals surface area contributed by atoms with Gasteiger partial charge in [0, 0.05) is 6.42 Å². The molecule has 0 aromatic heterocycles. The van der Waals surface area contributed by atoms with Gasteiger partial charge in [0.15, 0.2) is 0 Å². The van der Waals surface area contributed by atoms with Crippen molar-refractivity contribution in [3.63, 3.8) is 0 Å². The third-order valence-corrected chi connectivity index (χ3v) is 12.2. The second-order valence-electron chi connectivity index (χ2n) is 18.3. The summed E-state index contributed by atoms with van der Waals surface area (Å²) in [7, 11) is 0. The van der Waals surface area contributed by atoms with Gasteiger partial charge in [-0.2, -0.15) is 0 Å². The SMILES string of the molecule is CCCCC/C=C/C=C/CCCCCCCCC(=O)OC(CCCCCC/C=C/C=C/CCCCC)CC(=O)NC(CO)C(O)CCCCCCCCCCCCCCCCC. The van der Waals surface area contributed by atoms with Crippen LogP contribution >= 0.6 is 0 Å². The summed E-state index contributed by atoms with van der Waals surface area (Å²) >= 11 is 0. The normalized spacial score (nSPS) is 13.6. The molecule has 0 spiro atoms. The highest BCUT2D eigenvalue weighted by Crippen LogP contribution is 2.18. The number of aliphatic hydroxyl groups excluding tert-OH is 2. The quantitative estimate of drug-likeness (QED) is 0.0322. The number of esters is 1. The van der Waals surface area contributed by atoms with E-state index < -0.39 is 18.2 Å². The van der Waals surface area contributed by atoms with Crippen LogP contribution in [0.25, 0.3) is 0 Å². The smallest absolute Gasteiger partial charge is 0.306 e. The Morgan fingerprint density at radius 1 is 0.468 bits per heavy atom. The first kappa shape index (κ1) is 59.8. The highest BCUT2D eigenvalue weighted by Gasteiger charge is 2.24. The lowest BCUT2D eigenvalue weighted by Gasteiger charge is -2.24. The highest BCUT2D eigenvalue weighted by molar-refractivity contribution is 5.77. The van der Waals surface area contributed by atoms with Gasteiger partial charge in [0.1, 0.15) is 6.10 Å². The first-order chi connectivity index (χ1) is 30.5. The van der Waals surface area contributed by atoms with Gasteiger partial charge < -0.3 is 20.3 Å². The predicted octanol–water partition coefficient (Wildman–Crippen LogP) is 16.2. The number of carbonyl (C=O) groups is 2. The predicted molar refractivity (Wildman–Crippen MR) is 269 cm³/mol. The van der Waals surface area contributed by atoms with Crippen molar-refractivity contribution in [2.75, 3.05) is 6.61 Å². The first-order valence-corrected chi connectivity index (χ1v) is 26.9. The molecule has 0 saturated carbocycles. The molecule has 0 rings (SSSR count). The van der Waals surface area contributed by atoms with Gasteiger partial charge in [0.25, 0.3) is 0 Å². The molecule has 3 unspecified atom stereocenters. The van der Waals surface area contributed by atoms with Gasteiger partial charge in [0.05, 0.1) is 25.2 Å². The van der Waals surface area contributed by atoms with Gasteiger partial charge in [-0.15, -0.1) is 0 Å². The largest absolute Gasteiger partial charge is 0.462 e. The Bertz CT molecular complexity index is 1070. The molecule has 0 bridgehead atoms. The molecule has 62 heavy (non-hydrogen) atoms. The van der Waals surface area contributed by atoms with Crippen molar-refractivity contribution in [2.45, 2.75) is 289 Å². The maximum atomic E-state index is 13.2. The molecule has 0 aliphatic rings. The Kier molecular flexibility index (Phi) is 48.1. The Balaban J connectivity index is 4.58. The molecule has 0 saturated heterocycles. The minimum atomic E-state index is -0.795. The summed E-state index contributed by atoms with van der Waals surface area (Å²) in [6.45, 7) is 6.43. The van der Waals surface area contributed by atoms with Crippen LogP contribution in [0, 0.1) is 0 Å². The molecule has 3 atom stereocenters. The van der Waals surface area contributed by atoms with Gasteiger partial charge >= 0.3 is 5.97 Å². The average molecular weight is 870 g/mol. The van der Waals surface area contributed by atoms with Crippen LogP contribution in [0.3, 0.4) is 0 Å². The van der Waals surface area contributed by atoms with E-state index in [9.17, 15) is 19.8 Å². The number of amides is 1. The molecule has 0 heterocycles. The van der Waals surface area contributed by atoms with E-state index in [1.807, 2.05) is 0 Å². The van der Waals surface area contributed by atoms with Crippen molar-refractivity contribution in [3.8, 4) is 0 Å². The number of carbonyl (C=O) groups excluding carboxylic acids is 2. The van der Waals surface area contributed by atoms with Crippen molar-refractivity contribution in [3.05, 3.63) is 48.6 Å². The van der Waals surface area contributed by atoms with Crippen molar-refractivity contribution in [1.29, 1.82) is 0 Å². The lowest BCUT2D eigenvalue weighted by atomic mass is 10.0. The number of hydrogen-bond acceptors (Lipinski definition) is 5. The molecule has 0 aromatic rings. The van der Waals surface area contributed by atoms with E-state index in [2.05, 4.69) is 74.7 Å². The van der Waals surface area contributed by atoms with Crippen LogP contribution in [-0.2, 0) is 14.3 Å². The Morgan fingerprint density at radius 3 is 1.23 bits per heavy atom. The molecule has 1 amide bonds. The summed E-state index contributed by atoms with van der Waals surface area (Å²) in [5.41, 5.74) is 0. The maximum Gasteiger partial charge on any atom is 0.306 e. The summed E-state index contributed by atoms with van der Waals surface area (Å²) in [6.07, 6.45) is 60.2. The van der Waals surface area contributed by atoms with Gasteiger partial charge in [-0.05, 0) is 77.0 Å². The third-order valence-electron chi connectivity index (χ3n) is 12.2. The molecule has 0 radical (unpaired) electrons. The molecule has 3 N–H and O–H groups in total. The molecule has 362 valence electrons. The molecule has 0 aliphatic heterocycles. The zero-order valence-corrected chi connectivity index (χ0v) is 41.3. The molecular formula is C56H103NO5. The van der Waals surface area contributed by atoms with Crippen molar-refractivity contribution in [1.82, 2.24) is 5.32 Å². The number of rotatable bonds is 48. The van der Waals surface area contributed by atoms with Crippen molar-refractivity contribution >= 4 is 11.9 Å². The number of nitrogens with one attached hydrogen (secondary N) is 1. The lowest BCUT2D eigenvalue weighted by Crippen LogP contribution is -2.46. The van der Waals surface area contributed by atoms with Gasteiger partial charge in [-0.25, -0.2) is 0 Å². The van der Waals surface area contributed by atoms with E-state index >= 15 is 0 Å². The minimum Gasteiger partial charge on any atom is -0.462 e. The second-order valence-corrected chi connectivity index (χ2v) is 18.3. The lowest BCUT2D eigenvalue weighted by molar-refractivity contribution is -0.151. The number of hydrogen-bond donors (Lipinski definition) is 3. The number of allylic oxidation sites excluding steroid dienone is 8. The van der Waals surface area contributed by atoms with Crippen LogP contribution in [0.15, 0.2) is 48.6 Å². The summed E-state index contributed by atoms with van der Waals surface area (Å²) in [6, 6.07) is -0.710. The summed E-state index contributed by atoms with van der Waals surface area (Å²) in [5.74, 6) is -0.501. The topological polar surface area (TPSA) is 95.9 Å². The van der Waals surface area contributed by atoms with Gasteiger partial charge in [-0.1, -0.05) is 230 Å². The van der Waals surface area contributed by atoms with Crippen LogP contribution < -0.4 is 5.32 Å². The van der Waals surface area contributed by atoms with Crippen LogP contribution in [0.2, 0.25) is 0 Å². The zero-order chi connectivity index (χ0) is 45.2. The fraction of sp³-hybridized carbons (Fsp3) is 0.821. The fourth-order valence-electron chi connectivity index (χ4n) is 8.06. The molecule has 0 fully saturated rings. The summed E-state index contributed by atoms with van der Waals surface area (Å²) in [4.78, 5) is 26.2. The maximum absolute atomic E-state index is 13.2.